The maximum Gasteiger partial charge on any atom is 0.265 e. The summed E-state index contributed by atoms with van der Waals surface area (Å²) in [5.41, 5.74) is 2.16. The van der Waals surface area contributed by atoms with Crippen molar-refractivity contribution >= 4 is 27.3 Å². The Balaban J connectivity index is 1.76. The number of ether oxygens (including phenoxy) is 1. The highest BCUT2D eigenvalue weighted by Crippen LogP contribution is 2.35. The molecular formula is C19H20N2O4S. The van der Waals surface area contributed by atoms with Gasteiger partial charge in [0.15, 0.2) is 6.10 Å². The van der Waals surface area contributed by atoms with Crippen LogP contribution in [0.15, 0.2) is 47.4 Å². The van der Waals surface area contributed by atoms with E-state index in [0.717, 1.165) is 30.5 Å². The molecule has 0 unspecified atom stereocenters. The van der Waals surface area contributed by atoms with Crippen molar-refractivity contribution in [1.29, 1.82) is 0 Å². The highest BCUT2D eigenvalue weighted by Gasteiger charge is 2.30. The number of carbonyl (C=O) groups excluding carboxylic acids is 1. The molecule has 6 nitrogen and oxygen atoms in total. The van der Waals surface area contributed by atoms with Gasteiger partial charge in [0.2, 0.25) is 0 Å². The smallest absolute Gasteiger partial charge is 0.265 e. The zero-order valence-electron chi connectivity index (χ0n) is 14.4. The molecule has 4 rings (SSSR count). The van der Waals surface area contributed by atoms with Crippen molar-refractivity contribution in [3.63, 3.8) is 0 Å². The average Bonchev–Trinajstić information content (AvgIpc) is 2.85. The molecule has 2 aliphatic rings. The molecule has 0 bridgehead atoms. The standard InChI is InChI=1S/C19H20N2O4S/c1-13-19(22)20-16-12-15(9-10-18(16)25-13)26(23,24)21-11-5-4-7-14-6-2-3-8-17(14)21/h2-3,6,8-10,12-13H,4-5,7,11H2,1H3,(H,20,22)/t13-/m1/s1. The van der Waals surface area contributed by atoms with E-state index in [1.807, 2.05) is 24.3 Å². The summed E-state index contributed by atoms with van der Waals surface area (Å²) < 4.78 is 33.6. The van der Waals surface area contributed by atoms with Gasteiger partial charge in [0.1, 0.15) is 5.75 Å². The van der Waals surface area contributed by atoms with Crippen LogP contribution in [-0.2, 0) is 21.2 Å². The number of nitrogens with zero attached hydrogens (tertiary/aromatic N) is 1. The number of sulfonamides is 1. The molecular weight excluding hydrogens is 352 g/mol. The number of aryl methyl sites for hydroxylation is 1. The Hall–Kier alpha value is -2.54. The first-order chi connectivity index (χ1) is 12.5. The molecule has 0 saturated heterocycles. The minimum Gasteiger partial charge on any atom is -0.479 e. The predicted octanol–water partition coefficient (Wildman–Crippen LogP) is 2.94. The molecule has 1 N–H and O–H groups in total. The molecule has 26 heavy (non-hydrogen) atoms. The van der Waals surface area contributed by atoms with Crippen LogP contribution in [0.25, 0.3) is 0 Å². The number of carbonyl (C=O) groups is 1. The lowest BCUT2D eigenvalue weighted by molar-refractivity contribution is -0.122. The second-order valence-electron chi connectivity index (χ2n) is 6.57. The van der Waals surface area contributed by atoms with Crippen molar-refractivity contribution in [2.45, 2.75) is 37.2 Å². The van der Waals surface area contributed by atoms with E-state index in [1.54, 1.807) is 13.0 Å². The number of anilines is 2. The maximum absolute atomic E-state index is 13.3. The van der Waals surface area contributed by atoms with Gasteiger partial charge >= 0.3 is 0 Å². The van der Waals surface area contributed by atoms with Gasteiger partial charge in [0.05, 0.1) is 16.3 Å². The van der Waals surface area contributed by atoms with Crippen LogP contribution >= 0.6 is 0 Å². The number of amides is 1. The number of nitrogens with one attached hydrogen (secondary N) is 1. The molecule has 0 aliphatic carbocycles. The highest BCUT2D eigenvalue weighted by atomic mass is 32.2. The Morgan fingerprint density at radius 2 is 1.96 bits per heavy atom. The lowest BCUT2D eigenvalue weighted by Crippen LogP contribution is -2.35. The lowest BCUT2D eigenvalue weighted by Gasteiger charge is -2.27. The van der Waals surface area contributed by atoms with Gasteiger partial charge in [0.25, 0.3) is 15.9 Å². The van der Waals surface area contributed by atoms with Crippen LogP contribution in [-0.4, -0.2) is 27.0 Å². The molecule has 2 heterocycles. The maximum atomic E-state index is 13.3. The van der Waals surface area contributed by atoms with E-state index in [9.17, 15) is 13.2 Å². The van der Waals surface area contributed by atoms with E-state index in [0.29, 0.717) is 18.0 Å². The van der Waals surface area contributed by atoms with Crippen molar-refractivity contribution in [2.75, 3.05) is 16.2 Å². The lowest BCUT2D eigenvalue weighted by atomic mass is 10.1. The molecule has 0 aromatic heterocycles. The molecule has 1 amide bonds. The Morgan fingerprint density at radius 1 is 1.15 bits per heavy atom. The largest absolute Gasteiger partial charge is 0.479 e. The molecule has 2 aromatic carbocycles. The second kappa shape index (κ2) is 6.32. The molecule has 136 valence electrons. The zero-order chi connectivity index (χ0) is 18.3. The monoisotopic (exact) mass is 372 g/mol. The minimum atomic E-state index is -3.74. The van der Waals surface area contributed by atoms with Crippen molar-refractivity contribution < 1.29 is 17.9 Å². The summed E-state index contributed by atoms with van der Waals surface area (Å²) in [4.78, 5) is 12.0. The number of rotatable bonds is 2. The number of fused-ring (bicyclic) bond motifs is 2. The van der Waals surface area contributed by atoms with Crippen LogP contribution in [0.3, 0.4) is 0 Å². The third kappa shape index (κ3) is 2.82. The van der Waals surface area contributed by atoms with Crippen LogP contribution in [0.4, 0.5) is 11.4 Å². The van der Waals surface area contributed by atoms with Gasteiger partial charge in [-0.25, -0.2) is 8.42 Å². The summed E-state index contributed by atoms with van der Waals surface area (Å²) in [6.07, 6.45) is 2.03. The summed E-state index contributed by atoms with van der Waals surface area (Å²) in [6, 6.07) is 12.2. The van der Waals surface area contributed by atoms with Crippen molar-refractivity contribution in [3.05, 3.63) is 48.0 Å². The van der Waals surface area contributed by atoms with Crippen molar-refractivity contribution in [2.24, 2.45) is 0 Å². The molecule has 0 fully saturated rings. The molecule has 2 aliphatic heterocycles. The molecule has 1 atom stereocenters. The Morgan fingerprint density at radius 3 is 2.81 bits per heavy atom. The van der Waals surface area contributed by atoms with Gasteiger partial charge in [-0.3, -0.25) is 9.10 Å². The van der Waals surface area contributed by atoms with Crippen LogP contribution in [0.1, 0.15) is 25.3 Å². The Kier molecular flexibility index (Phi) is 4.11. The third-order valence-electron chi connectivity index (χ3n) is 4.79. The third-order valence-corrected chi connectivity index (χ3v) is 6.60. The van der Waals surface area contributed by atoms with Gasteiger partial charge in [-0.05, 0) is 56.0 Å². The van der Waals surface area contributed by atoms with E-state index in [1.165, 1.54) is 16.4 Å². The first-order valence-corrected chi connectivity index (χ1v) is 10.1. The Bertz CT molecular complexity index is 971. The summed E-state index contributed by atoms with van der Waals surface area (Å²) in [5, 5.41) is 2.71. The fraction of sp³-hybridized carbons (Fsp3) is 0.316. The molecule has 7 heteroatoms. The number of hydrogen-bond donors (Lipinski definition) is 1. The minimum absolute atomic E-state index is 0.145. The van der Waals surface area contributed by atoms with E-state index < -0.39 is 16.1 Å². The van der Waals surface area contributed by atoms with E-state index >= 15 is 0 Å². The SMILES string of the molecule is C[C@H]1Oc2ccc(S(=O)(=O)N3CCCCc4ccccc43)cc2NC1=O. The van der Waals surface area contributed by atoms with Gasteiger partial charge in [-0.1, -0.05) is 18.2 Å². The van der Waals surface area contributed by atoms with Crippen LogP contribution < -0.4 is 14.4 Å². The van der Waals surface area contributed by atoms with Crippen LogP contribution in [0.2, 0.25) is 0 Å². The summed E-state index contributed by atoms with van der Waals surface area (Å²) in [7, 11) is -3.74. The topological polar surface area (TPSA) is 75.7 Å². The van der Waals surface area contributed by atoms with Gasteiger partial charge < -0.3 is 10.1 Å². The Labute approximate surface area is 152 Å². The number of benzene rings is 2. The van der Waals surface area contributed by atoms with Gasteiger partial charge in [-0.15, -0.1) is 0 Å². The molecule has 2 aromatic rings. The predicted molar refractivity (Wildman–Crippen MR) is 99.1 cm³/mol. The summed E-state index contributed by atoms with van der Waals surface area (Å²) in [5.74, 6) is 0.194. The van der Waals surface area contributed by atoms with Crippen LogP contribution in [0, 0.1) is 0 Å². The summed E-state index contributed by atoms with van der Waals surface area (Å²) >= 11 is 0. The van der Waals surface area contributed by atoms with Crippen molar-refractivity contribution in [1.82, 2.24) is 0 Å². The first kappa shape index (κ1) is 16.9. The van der Waals surface area contributed by atoms with Crippen molar-refractivity contribution in [3.8, 4) is 5.75 Å². The van der Waals surface area contributed by atoms with E-state index in [-0.39, 0.29) is 10.8 Å². The van der Waals surface area contributed by atoms with E-state index in [4.69, 9.17) is 4.74 Å². The highest BCUT2D eigenvalue weighted by molar-refractivity contribution is 7.92. The first-order valence-electron chi connectivity index (χ1n) is 8.69. The normalized spacial score (nSPS) is 19.7. The van der Waals surface area contributed by atoms with Crippen LogP contribution in [0.5, 0.6) is 5.75 Å². The molecule has 0 spiro atoms. The van der Waals surface area contributed by atoms with Gasteiger partial charge in [0, 0.05) is 6.54 Å². The average molecular weight is 372 g/mol. The fourth-order valence-corrected chi connectivity index (χ4v) is 4.95. The summed E-state index contributed by atoms with van der Waals surface area (Å²) in [6.45, 7) is 2.09. The number of para-hydroxylation sites is 1. The number of hydrogen-bond acceptors (Lipinski definition) is 4. The zero-order valence-corrected chi connectivity index (χ0v) is 15.3. The quantitative estimate of drug-likeness (QED) is 0.879. The second-order valence-corrected chi connectivity index (χ2v) is 8.43. The molecule has 0 saturated carbocycles. The van der Waals surface area contributed by atoms with Gasteiger partial charge in [-0.2, -0.15) is 0 Å². The van der Waals surface area contributed by atoms with E-state index in [2.05, 4.69) is 5.32 Å². The molecule has 0 radical (unpaired) electrons. The fourth-order valence-electron chi connectivity index (χ4n) is 3.38.